The summed E-state index contributed by atoms with van der Waals surface area (Å²) in [6, 6.07) is 35.3. The number of fused-ring (bicyclic) bond motifs is 6. The zero-order valence-electron chi connectivity index (χ0n) is 27.2. The molecular formula is C42H39IrN4. The van der Waals surface area contributed by atoms with Crippen LogP contribution in [0.25, 0.3) is 33.5 Å². The molecule has 4 aromatic carbocycles. The van der Waals surface area contributed by atoms with E-state index in [1.165, 1.54) is 39.2 Å². The van der Waals surface area contributed by atoms with Gasteiger partial charge in [0.25, 0.3) is 0 Å². The fraction of sp³-hybridized carbons (Fsp3) is 0.214. The van der Waals surface area contributed by atoms with Crippen LogP contribution in [0.2, 0.25) is 0 Å². The molecule has 0 spiro atoms. The molecule has 8 rings (SSSR count). The number of anilines is 1. The predicted molar refractivity (Wildman–Crippen MR) is 190 cm³/mol. The number of benzene rings is 4. The quantitative estimate of drug-likeness (QED) is 0.166. The first-order valence-corrected chi connectivity index (χ1v) is 16.2. The minimum atomic E-state index is 0. The average Bonchev–Trinajstić information content (AvgIpc) is 3.80. The monoisotopic (exact) mass is 792 g/mol. The van der Waals surface area contributed by atoms with Crippen LogP contribution in [0.1, 0.15) is 62.1 Å². The third-order valence-electron chi connectivity index (χ3n) is 9.09. The van der Waals surface area contributed by atoms with Crippen LogP contribution in [0.4, 0.5) is 5.69 Å². The maximum Gasteiger partial charge on any atom is 3.00 e. The molecule has 0 bridgehead atoms. The summed E-state index contributed by atoms with van der Waals surface area (Å²) in [5.74, 6) is 2.47. The van der Waals surface area contributed by atoms with Crippen LogP contribution in [-0.4, -0.2) is 15.7 Å². The van der Waals surface area contributed by atoms with E-state index < -0.39 is 0 Å². The summed E-state index contributed by atoms with van der Waals surface area (Å²) in [4.78, 5) is 6.94. The van der Waals surface area contributed by atoms with Gasteiger partial charge in [0.1, 0.15) is 0 Å². The Kier molecular flexibility index (Phi) is 9.77. The van der Waals surface area contributed by atoms with E-state index in [0.29, 0.717) is 23.7 Å². The average molecular weight is 792 g/mol. The van der Waals surface area contributed by atoms with Crippen LogP contribution >= 0.6 is 0 Å². The normalized spacial score (nSPS) is 18.5. The van der Waals surface area contributed by atoms with E-state index in [9.17, 15) is 0 Å². The van der Waals surface area contributed by atoms with Crippen molar-refractivity contribution in [3.05, 3.63) is 168 Å². The summed E-state index contributed by atoms with van der Waals surface area (Å²) in [6.45, 7) is 9.07. The second kappa shape index (κ2) is 14.1. The molecular weight excluding hydrogens is 753 g/mol. The van der Waals surface area contributed by atoms with Crippen LogP contribution in [0.5, 0.6) is 0 Å². The summed E-state index contributed by atoms with van der Waals surface area (Å²) in [7, 11) is 0. The third kappa shape index (κ3) is 6.31. The SMILES string of the molecule is CC(C)c1cc(-c2ccccc2)cc(C(C)C)c1-n1ccnc1-c1[c-]cccc1.[C-]1=CC=CC2c3ccccc3N3C=C[N-]C3C12.[Ir+3]. The number of hydrogen-bond donors (Lipinski definition) is 0. The third-order valence-corrected chi connectivity index (χ3v) is 9.09. The van der Waals surface area contributed by atoms with E-state index in [-0.39, 0.29) is 26.3 Å². The number of hydrogen-bond acceptors (Lipinski definition) is 2. The van der Waals surface area contributed by atoms with Gasteiger partial charge in [-0.05, 0) is 76.1 Å². The Labute approximate surface area is 292 Å². The van der Waals surface area contributed by atoms with E-state index >= 15 is 0 Å². The van der Waals surface area contributed by atoms with Crippen molar-refractivity contribution in [2.45, 2.75) is 51.6 Å². The van der Waals surface area contributed by atoms with Gasteiger partial charge in [-0.2, -0.15) is 12.3 Å². The molecule has 1 aliphatic carbocycles. The second-order valence-corrected chi connectivity index (χ2v) is 12.7. The maximum atomic E-state index is 4.68. The Balaban J connectivity index is 0.000000182. The van der Waals surface area contributed by atoms with Crippen molar-refractivity contribution in [1.29, 1.82) is 0 Å². The maximum absolute atomic E-state index is 4.68. The standard InChI is InChI=1S/C27H27N2.C15H12N2.Ir/c1-19(2)24-17-23(21-11-7-5-8-12-21)18-25(20(3)4)26(24)29-16-15-28-27(29)22-13-9-6-10-14-22;1-2-7-13-11(5-1)12-6-3-4-8-14(12)17-10-9-16-15(13)17;/h5-13,15-20H,1-4H3;1-6,8-11,13,15H;/q-1;-2;+3. The van der Waals surface area contributed by atoms with Gasteiger partial charge < -0.3 is 14.8 Å². The van der Waals surface area contributed by atoms with E-state index in [4.69, 9.17) is 0 Å². The molecule has 2 aliphatic heterocycles. The largest absolute Gasteiger partial charge is 3.00 e. The summed E-state index contributed by atoms with van der Waals surface area (Å²) in [5.41, 5.74) is 10.1. The number of nitrogens with zero attached hydrogens (tertiary/aromatic N) is 4. The molecule has 3 atom stereocenters. The molecule has 0 N–H and O–H groups in total. The molecule has 3 aliphatic rings. The van der Waals surface area contributed by atoms with Gasteiger partial charge in [0.15, 0.2) is 0 Å². The molecule has 0 amide bonds. The fourth-order valence-corrected chi connectivity index (χ4v) is 6.84. The summed E-state index contributed by atoms with van der Waals surface area (Å²) >= 11 is 0. The number of imidazole rings is 1. The smallest absolute Gasteiger partial charge is 0.671 e. The van der Waals surface area contributed by atoms with E-state index in [1.807, 2.05) is 36.7 Å². The topological polar surface area (TPSA) is 35.2 Å². The van der Waals surface area contributed by atoms with Crippen molar-refractivity contribution in [2.75, 3.05) is 4.90 Å². The molecule has 236 valence electrons. The zero-order valence-corrected chi connectivity index (χ0v) is 29.6. The minimum absolute atomic E-state index is 0. The first-order chi connectivity index (χ1) is 22.5. The van der Waals surface area contributed by atoms with Crippen molar-refractivity contribution < 1.29 is 20.1 Å². The molecule has 4 nitrogen and oxygen atoms in total. The van der Waals surface area contributed by atoms with E-state index in [0.717, 1.165) is 11.4 Å². The Hall–Kier alpha value is -4.44. The van der Waals surface area contributed by atoms with Crippen LogP contribution in [-0.2, 0) is 20.1 Å². The van der Waals surface area contributed by atoms with Crippen LogP contribution in [0, 0.1) is 18.1 Å². The molecule has 0 radical (unpaired) electrons. The van der Waals surface area contributed by atoms with Crippen molar-refractivity contribution in [2.24, 2.45) is 5.92 Å². The molecule has 3 heterocycles. The van der Waals surface area contributed by atoms with Crippen LogP contribution in [0.15, 0.2) is 134 Å². The molecule has 1 aromatic heterocycles. The van der Waals surface area contributed by atoms with Crippen molar-refractivity contribution in [1.82, 2.24) is 9.55 Å². The molecule has 47 heavy (non-hydrogen) atoms. The Morgan fingerprint density at radius 3 is 2.28 bits per heavy atom. The number of allylic oxidation sites excluding steroid dienone is 3. The second-order valence-electron chi connectivity index (χ2n) is 12.7. The summed E-state index contributed by atoms with van der Waals surface area (Å²) in [6.07, 6.45) is 17.9. The Morgan fingerprint density at radius 1 is 0.830 bits per heavy atom. The van der Waals surface area contributed by atoms with Gasteiger partial charge in [-0.1, -0.05) is 82.1 Å². The van der Waals surface area contributed by atoms with Gasteiger partial charge in [-0.25, -0.2) is 12.2 Å². The predicted octanol–water partition coefficient (Wildman–Crippen LogP) is 10.6. The number of aromatic nitrogens is 2. The molecule has 0 fully saturated rings. The first kappa shape index (κ1) is 32.5. The molecule has 5 aromatic rings. The molecule has 0 saturated heterocycles. The van der Waals surface area contributed by atoms with Crippen LogP contribution < -0.4 is 4.90 Å². The van der Waals surface area contributed by atoms with Crippen LogP contribution in [0.3, 0.4) is 0 Å². The first-order valence-electron chi connectivity index (χ1n) is 16.2. The van der Waals surface area contributed by atoms with Gasteiger partial charge >= 0.3 is 20.1 Å². The summed E-state index contributed by atoms with van der Waals surface area (Å²) < 4.78 is 2.24. The van der Waals surface area contributed by atoms with Gasteiger partial charge in [0.05, 0.1) is 5.82 Å². The van der Waals surface area contributed by atoms with Crippen molar-refractivity contribution in [3.8, 4) is 28.2 Å². The number of rotatable bonds is 5. The van der Waals surface area contributed by atoms with Gasteiger partial charge in [-0.15, -0.1) is 35.9 Å². The molecule has 5 heteroatoms. The molecule has 3 unspecified atom stereocenters. The summed E-state index contributed by atoms with van der Waals surface area (Å²) in [5, 5.41) is 4.57. The van der Waals surface area contributed by atoms with Gasteiger partial charge in [0.2, 0.25) is 0 Å². The van der Waals surface area contributed by atoms with E-state index in [2.05, 4.69) is 157 Å². The van der Waals surface area contributed by atoms with Gasteiger partial charge in [-0.3, -0.25) is 11.1 Å². The van der Waals surface area contributed by atoms with Crippen molar-refractivity contribution in [3.63, 3.8) is 0 Å². The minimum Gasteiger partial charge on any atom is -0.671 e. The number of para-hydroxylation sites is 1. The van der Waals surface area contributed by atoms with Gasteiger partial charge in [0, 0.05) is 23.8 Å². The Morgan fingerprint density at radius 2 is 1.55 bits per heavy atom. The van der Waals surface area contributed by atoms with E-state index in [1.54, 1.807) is 0 Å². The Bertz CT molecular complexity index is 1870. The van der Waals surface area contributed by atoms with Crippen molar-refractivity contribution >= 4 is 5.69 Å². The zero-order chi connectivity index (χ0) is 31.6. The molecule has 0 saturated carbocycles. The fourth-order valence-electron chi connectivity index (χ4n) is 6.84.